The average molecular weight is 275 g/mol. The van der Waals surface area contributed by atoms with E-state index in [0.717, 1.165) is 14.6 Å². The minimum Gasteiger partial charge on any atom is -0.348 e. The summed E-state index contributed by atoms with van der Waals surface area (Å²) in [5, 5.41) is 1.21. The highest BCUT2D eigenvalue weighted by atomic mass is 79.9. The van der Waals surface area contributed by atoms with Gasteiger partial charge in [0.2, 0.25) is 0 Å². The van der Waals surface area contributed by atoms with E-state index >= 15 is 0 Å². The fourth-order valence-electron chi connectivity index (χ4n) is 1.07. The second-order valence-electron chi connectivity index (χ2n) is 2.30. The van der Waals surface area contributed by atoms with Gasteiger partial charge in [0.05, 0.1) is 9.08 Å². The van der Waals surface area contributed by atoms with Crippen molar-refractivity contribution in [1.29, 1.82) is 0 Å². The van der Waals surface area contributed by atoms with Crippen LogP contribution < -0.4 is 0 Å². The molecule has 0 unspecified atom stereocenters. The Bertz CT molecular complexity index is 392. The third-order valence-corrected chi connectivity index (χ3v) is 3.55. The number of rotatable bonds is 0. The molecular weight excluding hydrogens is 270 g/mol. The van der Waals surface area contributed by atoms with E-state index in [9.17, 15) is 0 Å². The van der Waals surface area contributed by atoms with Crippen molar-refractivity contribution in [2.24, 2.45) is 0 Å². The molecule has 0 saturated heterocycles. The molecule has 1 heterocycles. The summed E-state index contributed by atoms with van der Waals surface area (Å²) < 4.78 is 2.09. The van der Waals surface area contributed by atoms with E-state index in [0.29, 0.717) is 0 Å². The maximum absolute atomic E-state index is 3.47. The topological polar surface area (TPSA) is 15.8 Å². The van der Waals surface area contributed by atoms with Crippen LogP contribution in [0.25, 0.3) is 10.9 Å². The van der Waals surface area contributed by atoms with E-state index in [4.69, 9.17) is 0 Å². The van der Waals surface area contributed by atoms with Gasteiger partial charge in [-0.05, 0) is 37.9 Å². The van der Waals surface area contributed by atoms with Gasteiger partial charge in [-0.3, -0.25) is 0 Å². The molecule has 0 amide bonds. The zero-order valence-electron chi connectivity index (χ0n) is 5.57. The highest BCUT2D eigenvalue weighted by molar-refractivity contribution is 9.13. The lowest BCUT2D eigenvalue weighted by Gasteiger charge is -1.85. The molecule has 0 saturated carbocycles. The first-order valence-corrected chi connectivity index (χ1v) is 4.79. The minimum atomic E-state index is 0.999. The van der Waals surface area contributed by atoms with Crippen LogP contribution in [0.15, 0.2) is 33.3 Å². The molecule has 0 aliphatic carbocycles. The van der Waals surface area contributed by atoms with Crippen molar-refractivity contribution in [2.45, 2.75) is 0 Å². The zero-order valence-corrected chi connectivity index (χ0v) is 8.74. The van der Waals surface area contributed by atoms with Gasteiger partial charge in [-0.25, -0.2) is 0 Å². The largest absolute Gasteiger partial charge is 0.348 e. The van der Waals surface area contributed by atoms with E-state index < -0.39 is 0 Å². The maximum Gasteiger partial charge on any atom is 0.0975 e. The first kappa shape index (κ1) is 7.37. The van der Waals surface area contributed by atoms with E-state index in [-0.39, 0.29) is 0 Å². The highest BCUT2D eigenvalue weighted by Crippen LogP contribution is 2.30. The first-order valence-electron chi connectivity index (χ1n) is 3.21. The van der Waals surface area contributed by atoms with Gasteiger partial charge in [0, 0.05) is 10.9 Å². The number of para-hydroxylation sites is 1. The summed E-state index contributed by atoms with van der Waals surface area (Å²) in [6.45, 7) is 0. The average Bonchev–Trinajstić information content (AvgIpc) is 2.30. The summed E-state index contributed by atoms with van der Waals surface area (Å²) in [5.74, 6) is 0. The Labute approximate surface area is 81.1 Å². The molecule has 3 heteroatoms. The van der Waals surface area contributed by atoms with Crippen LogP contribution in [0, 0.1) is 0 Å². The molecule has 1 N–H and O–H groups in total. The Morgan fingerprint density at radius 2 is 1.82 bits per heavy atom. The monoisotopic (exact) mass is 273 g/mol. The fourth-order valence-corrected chi connectivity index (χ4v) is 1.95. The Kier molecular flexibility index (Phi) is 1.77. The van der Waals surface area contributed by atoms with Gasteiger partial charge in [0.25, 0.3) is 0 Å². The normalized spacial score (nSPS) is 10.7. The summed E-state index contributed by atoms with van der Waals surface area (Å²) in [6.07, 6.45) is 0. The van der Waals surface area contributed by atoms with Gasteiger partial charge < -0.3 is 4.98 Å². The van der Waals surface area contributed by atoms with Gasteiger partial charge in [-0.2, -0.15) is 0 Å². The summed E-state index contributed by atoms with van der Waals surface area (Å²) in [5.41, 5.74) is 1.14. The molecule has 0 bridgehead atoms. The first-order chi connectivity index (χ1) is 5.29. The number of aromatic amines is 1. The van der Waals surface area contributed by atoms with Crippen LogP contribution in [0.4, 0.5) is 0 Å². The number of halogens is 2. The second-order valence-corrected chi connectivity index (χ2v) is 3.88. The molecule has 1 aromatic heterocycles. The quantitative estimate of drug-likeness (QED) is 0.754. The predicted octanol–water partition coefficient (Wildman–Crippen LogP) is 3.69. The Morgan fingerprint density at radius 1 is 1.09 bits per heavy atom. The van der Waals surface area contributed by atoms with Crippen molar-refractivity contribution in [1.82, 2.24) is 4.98 Å². The van der Waals surface area contributed by atoms with E-state index in [1.165, 1.54) is 5.39 Å². The number of H-pyrrole nitrogens is 1. The van der Waals surface area contributed by atoms with E-state index in [2.05, 4.69) is 42.9 Å². The molecule has 0 atom stereocenters. The lowest BCUT2D eigenvalue weighted by atomic mass is 10.3. The summed E-state index contributed by atoms with van der Waals surface area (Å²) in [6, 6.07) is 8.15. The van der Waals surface area contributed by atoms with E-state index in [1.807, 2.05) is 18.2 Å². The second kappa shape index (κ2) is 2.64. The molecule has 56 valence electrons. The van der Waals surface area contributed by atoms with Crippen molar-refractivity contribution in [3.63, 3.8) is 0 Å². The number of fused-ring (bicyclic) bond motifs is 1. The Balaban J connectivity index is 2.92. The van der Waals surface area contributed by atoms with Crippen molar-refractivity contribution in [3.05, 3.63) is 33.3 Å². The van der Waals surface area contributed by atoms with Crippen LogP contribution in [0.5, 0.6) is 0 Å². The molecule has 0 spiro atoms. The predicted molar refractivity (Wildman–Crippen MR) is 53.7 cm³/mol. The summed E-state index contributed by atoms with van der Waals surface area (Å²) in [4.78, 5) is 3.20. The lowest BCUT2D eigenvalue weighted by molar-refractivity contribution is 1.40. The Hall–Kier alpha value is -0.280. The summed E-state index contributed by atoms with van der Waals surface area (Å²) >= 11 is 6.88. The van der Waals surface area contributed by atoms with Gasteiger partial charge >= 0.3 is 0 Å². The molecule has 0 aliphatic heterocycles. The highest BCUT2D eigenvalue weighted by Gasteiger charge is 2.03. The van der Waals surface area contributed by atoms with Crippen LogP contribution in [0.2, 0.25) is 0 Å². The summed E-state index contributed by atoms with van der Waals surface area (Å²) in [7, 11) is 0. The molecule has 0 fully saturated rings. The molecule has 1 nitrogen and oxygen atoms in total. The zero-order chi connectivity index (χ0) is 7.84. The van der Waals surface area contributed by atoms with Crippen molar-refractivity contribution < 1.29 is 0 Å². The standard InChI is InChI=1S/C8H5Br2N/c9-7-5-3-1-2-4-6(5)11-8(7)10/h1-4,11H. The third kappa shape index (κ3) is 1.12. The van der Waals surface area contributed by atoms with Crippen LogP contribution >= 0.6 is 31.9 Å². The molecule has 1 aromatic carbocycles. The van der Waals surface area contributed by atoms with Crippen molar-refractivity contribution >= 4 is 42.8 Å². The fraction of sp³-hybridized carbons (Fsp3) is 0. The molecule has 11 heavy (non-hydrogen) atoms. The maximum atomic E-state index is 3.47. The molecule has 0 aliphatic rings. The van der Waals surface area contributed by atoms with Crippen LogP contribution in [-0.2, 0) is 0 Å². The smallest absolute Gasteiger partial charge is 0.0975 e. The van der Waals surface area contributed by atoms with Crippen molar-refractivity contribution in [2.75, 3.05) is 0 Å². The van der Waals surface area contributed by atoms with Crippen LogP contribution in [-0.4, -0.2) is 4.98 Å². The van der Waals surface area contributed by atoms with Crippen LogP contribution in [0.3, 0.4) is 0 Å². The SMILES string of the molecule is Brc1[nH]c2ccccc2c1Br. The number of hydrogen-bond donors (Lipinski definition) is 1. The molecular formula is C8H5Br2N. The minimum absolute atomic E-state index is 0.999. The third-order valence-electron chi connectivity index (χ3n) is 1.60. The molecule has 0 radical (unpaired) electrons. The Morgan fingerprint density at radius 3 is 2.55 bits per heavy atom. The molecule has 2 rings (SSSR count). The molecule has 2 aromatic rings. The van der Waals surface area contributed by atoms with Crippen LogP contribution in [0.1, 0.15) is 0 Å². The van der Waals surface area contributed by atoms with Gasteiger partial charge in [-0.15, -0.1) is 0 Å². The van der Waals surface area contributed by atoms with E-state index in [1.54, 1.807) is 0 Å². The number of aromatic nitrogens is 1. The van der Waals surface area contributed by atoms with Gasteiger partial charge in [-0.1, -0.05) is 18.2 Å². The lowest BCUT2D eigenvalue weighted by Crippen LogP contribution is -1.63. The number of hydrogen-bond acceptors (Lipinski definition) is 0. The van der Waals surface area contributed by atoms with Gasteiger partial charge in [0.15, 0.2) is 0 Å². The van der Waals surface area contributed by atoms with Gasteiger partial charge in [0.1, 0.15) is 0 Å². The van der Waals surface area contributed by atoms with Crippen molar-refractivity contribution in [3.8, 4) is 0 Å². The number of benzene rings is 1. The number of nitrogens with one attached hydrogen (secondary N) is 1.